The van der Waals surface area contributed by atoms with Gasteiger partial charge in [0.2, 0.25) is 0 Å². The second kappa shape index (κ2) is 3.81. The van der Waals surface area contributed by atoms with Crippen LogP contribution < -0.4 is 0 Å². The second-order valence-electron chi connectivity index (χ2n) is 1.56. The second-order valence-corrected chi connectivity index (χ2v) is 4.95. The van der Waals surface area contributed by atoms with E-state index in [2.05, 4.69) is 0 Å². The third kappa shape index (κ3) is 2.45. The summed E-state index contributed by atoms with van der Waals surface area (Å²) in [5.41, 5.74) is 0.326. The minimum absolute atomic E-state index is 0.326. The topological polar surface area (TPSA) is 9.23 Å². The molecule has 1 rings (SSSR count). The predicted octanol–water partition coefficient (Wildman–Crippen LogP) is 2.11. The van der Waals surface area contributed by atoms with Crippen LogP contribution in [0, 0.1) is 0 Å². The van der Waals surface area contributed by atoms with E-state index in [1.807, 2.05) is 6.92 Å². The highest BCUT2D eigenvalue weighted by Gasteiger charge is 2.20. The highest BCUT2D eigenvalue weighted by Crippen LogP contribution is 2.33. The Kier molecular flexibility index (Phi) is 3.32. The van der Waals surface area contributed by atoms with Crippen LogP contribution >= 0.6 is 35.7 Å². The maximum atomic E-state index is 5.33. The van der Waals surface area contributed by atoms with Gasteiger partial charge < -0.3 is 4.74 Å². The molecule has 1 saturated heterocycles. The zero-order chi connectivity index (χ0) is 6.69. The minimum atomic E-state index is 0.326. The van der Waals surface area contributed by atoms with Gasteiger partial charge in [0.1, 0.15) is 8.96 Å². The first-order chi connectivity index (χ1) is 4.33. The summed E-state index contributed by atoms with van der Waals surface area (Å²) < 4.78 is 6.35. The van der Waals surface area contributed by atoms with Crippen LogP contribution in [0.4, 0.5) is 0 Å². The lowest BCUT2D eigenvalue weighted by atomic mass is 10.8. The van der Waals surface area contributed by atoms with Crippen molar-refractivity contribution in [2.24, 2.45) is 0 Å². The first-order valence-electron chi connectivity index (χ1n) is 2.78. The van der Waals surface area contributed by atoms with Crippen molar-refractivity contribution < 1.29 is 4.74 Å². The molecule has 52 valence electrons. The van der Waals surface area contributed by atoms with E-state index in [1.165, 1.54) is 0 Å². The number of hydrogen-bond donors (Lipinski definition) is 0. The Morgan fingerprint density at radius 1 is 1.89 bits per heavy atom. The van der Waals surface area contributed by atoms with Crippen molar-refractivity contribution >= 4 is 39.3 Å². The number of rotatable bonds is 2. The van der Waals surface area contributed by atoms with Gasteiger partial charge in [-0.05, 0) is 6.92 Å². The number of ether oxygens (including phenoxy) is 1. The highest BCUT2D eigenvalue weighted by molar-refractivity contribution is 8.49. The van der Waals surface area contributed by atoms with E-state index in [1.54, 1.807) is 23.5 Å². The molecule has 0 spiro atoms. The van der Waals surface area contributed by atoms with E-state index in [0.29, 0.717) is 5.44 Å². The Labute approximate surface area is 68.9 Å². The Balaban J connectivity index is 2.22. The minimum Gasteiger partial charge on any atom is -0.367 e. The Morgan fingerprint density at radius 2 is 2.67 bits per heavy atom. The molecule has 9 heavy (non-hydrogen) atoms. The summed E-state index contributed by atoms with van der Waals surface area (Å²) in [6.07, 6.45) is 0. The molecule has 1 unspecified atom stereocenters. The first-order valence-corrected chi connectivity index (χ1v) is 5.05. The molecule has 0 amide bonds. The molecule has 0 aromatic heterocycles. The van der Waals surface area contributed by atoms with Crippen LogP contribution in [0.1, 0.15) is 6.92 Å². The number of thiocarbonyl (C=S) groups is 1. The Hall–Kier alpha value is 0.750. The van der Waals surface area contributed by atoms with Gasteiger partial charge >= 0.3 is 0 Å². The fraction of sp³-hybridized carbons (Fsp3) is 0.800. The summed E-state index contributed by atoms with van der Waals surface area (Å²) in [7, 11) is 0. The van der Waals surface area contributed by atoms with Crippen LogP contribution in [-0.4, -0.2) is 21.3 Å². The predicted molar refractivity (Wildman–Crippen MR) is 48.1 cm³/mol. The third-order valence-electron chi connectivity index (χ3n) is 0.917. The van der Waals surface area contributed by atoms with Gasteiger partial charge in [-0.3, -0.25) is 0 Å². The number of thioether (sulfide) groups is 2. The third-order valence-corrected chi connectivity index (χ3v) is 3.88. The van der Waals surface area contributed by atoms with E-state index < -0.39 is 0 Å². The molecule has 1 nitrogen and oxygen atoms in total. The fourth-order valence-corrected chi connectivity index (χ4v) is 3.17. The molecular weight excluding hydrogens is 172 g/mol. The van der Waals surface area contributed by atoms with Gasteiger partial charge in [0, 0.05) is 12.4 Å². The standard InChI is InChI=1S/C5H8OS3/c1-2-6-4-3-8-5(7)9-4/h4H,2-3H2,1H3. The fourth-order valence-electron chi connectivity index (χ4n) is 0.579. The summed E-state index contributed by atoms with van der Waals surface area (Å²) in [5, 5.41) is 0. The SMILES string of the molecule is CCOC1CSC(=S)S1. The lowest BCUT2D eigenvalue weighted by molar-refractivity contribution is 0.141. The molecule has 1 atom stereocenters. The van der Waals surface area contributed by atoms with Gasteiger partial charge in [-0.2, -0.15) is 0 Å². The van der Waals surface area contributed by atoms with Gasteiger partial charge in [-0.25, -0.2) is 0 Å². The van der Waals surface area contributed by atoms with E-state index in [4.69, 9.17) is 17.0 Å². The summed E-state index contributed by atoms with van der Waals surface area (Å²) >= 11 is 8.33. The van der Waals surface area contributed by atoms with Crippen LogP contribution in [0.25, 0.3) is 0 Å². The zero-order valence-corrected chi connectivity index (χ0v) is 7.57. The Morgan fingerprint density at radius 3 is 3.11 bits per heavy atom. The van der Waals surface area contributed by atoms with E-state index in [0.717, 1.165) is 15.9 Å². The molecule has 1 heterocycles. The molecule has 4 heteroatoms. The van der Waals surface area contributed by atoms with E-state index >= 15 is 0 Å². The zero-order valence-electron chi connectivity index (χ0n) is 5.12. The summed E-state index contributed by atoms with van der Waals surface area (Å²) in [4.78, 5) is 0. The molecule has 0 aromatic rings. The smallest absolute Gasteiger partial charge is 0.118 e. The quantitative estimate of drug-likeness (QED) is 0.602. The first kappa shape index (κ1) is 7.85. The van der Waals surface area contributed by atoms with Crippen LogP contribution in [0.3, 0.4) is 0 Å². The maximum Gasteiger partial charge on any atom is 0.118 e. The molecule has 0 bridgehead atoms. The molecule has 1 aliphatic heterocycles. The average molecular weight is 180 g/mol. The molecular formula is C5H8OS3. The lowest BCUT2D eigenvalue weighted by Crippen LogP contribution is -2.05. The highest BCUT2D eigenvalue weighted by atomic mass is 32.2. The molecule has 0 aromatic carbocycles. The molecule has 0 N–H and O–H groups in total. The van der Waals surface area contributed by atoms with Crippen LogP contribution in [0.5, 0.6) is 0 Å². The van der Waals surface area contributed by atoms with Crippen molar-refractivity contribution in [1.82, 2.24) is 0 Å². The molecule has 1 aliphatic rings. The molecule has 0 saturated carbocycles. The van der Waals surface area contributed by atoms with Gasteiger partial charge in [0.05, 0.1) is 0 Å². The van der Waals surface area contributed by atoms with Crippen LogP contribution in [-0.2, 0) is 4.74 Å². The summed E-state index contributed by atoms with van der Waals surface area (Å²) in [6, 6.07) is 0. The van der Waals surface area contributed by atoms with Crippen molar-refractivity contribution in [3.63, 3.8) is 0 Å². The van der Waals surface area contributed by atoms with Crippen LogP contribution in [0.15, 0.2) is 0 Å². The van der Waals surface area contributed by atoms with Gasteiger partial charge in [-0.1, -0.05) is 24.0 Å². The van der Waals surface area contributed by atoms with Gasteiger partial charge in [-0.15, -0.1) is 11.8 Å². The largest absolute Gasteiger partial charge is 0.367 e. The van der Waals surface area contributed by atoms with Gasteiger partial charge in [0.25, 0.3) is 0 Å². The molecule has 0 radical (unpaired) electrons. The normalized spacial score (nSPS) is 27.2. The summed E-state index contributed by atoms with van der Waals surface area (Å²) in [5.74, 6) is 1.03. The van der Waals surface area contributed by atoms with Gasteiger partial charge in [0.15, 0.2) is 0 Å². The molecule has 1 fully saturated rings. The van der Waals surface area contributed by atoms with Crippen molar-refractivity contribution in [3.8, 4) is 0 Å². The number of hydrogen-bond acceptors (Lipinski definition) is 4. The molecule has 0 aliphatic carbocycles. The van der Waals surface area contributed by atoms with Crippen molar-refractivity contribution in [2.45, 2.75) is 12.4 Å². The van der Waals surface area contributed by atoms with E-state index in [9.17, 15) is 0 Å². The maximum absolute atomic E-state index is 5.33. The van der Waals surface area contributed by atoms with Crippen molar-refractivity contribution in [1.29, 1.82) is 0 Å². The van der Waals surface area contributed by atoms with E-state index in [-0.39, 0.29) is 0 Å². The lowest BCUT2D eigenvalue weighted by Gasteiger charge is -2.04. The van der Waals surface area contributed by atoms with Crippen LogP contribution in [0.2, 0.25) is 0 Å². The monoisotopic (exact) mass is 180 g/mol. The van der Waals surface area contributed by atoms with Crippen molar-refractivity contribution in [2.75, 3.05) is 12.4 Å². The summed E-state index contributed by atoms with van der Waals surface area (Å²) in [6.45, 7) is 2.80. The Bertz CT molecular complexity index is 115. The van der Waals surface area contributed by atoms with Crippen molar-refractivity contribution in [3.05, 3.63) is 0 Å². The average Bonchev–Trinajstić information content (AvgIpc) is 2.17.